The molecule has 1 amide bonds. The third-order valence-electron chi connectivity index (χ3n) is 5.44. The summed E-state index contributed by atoms with van der Waals surface area (Å²) in [6.07, 6.45) is 0. The first-order valence-electron chi connectivity index (χ1n) is 10.6. The Morgan fingerprint density at radius 3 is 2.57 bits per heavy atom. The van der Waals surface area contributed by atoms with Gasteiger partial charge in [-0.2, -0.15) is 0 Å². The Kier molecular flexibility index (Phi) is 6.23. The number of rotatable bonds is 7. The van der Waals surface area contributed by atoms with Gasteiger partial charge in [0.25, 0.3) is 5.91 Å². The summed E-state index contributed by atoms with van der Waals surface area (Å²) in [4.78, 5) is 27.8. The monoisotopic (exact) mass is 507 g/mol. The first kappa shape index (κ1) is 23.0. The summed E-state index contributed by atoms with van der Waals surface area (Å²) in [7, 11) is 0. The van der Waals surface area contributed by atoms with Crippen molar-refractivity contribution in [1.82, 2.24) is 10.2 Å². The van der Waals surface area contributed by atoms with Gasteiger partial charge in [-0.1, -0.05) is 71.6 Å². The molecule has 176 valence electrons. The van der Waals surface area contributed by atoms with Crippen LogP contribution in [0.5, 0.6) is 0 Å². The zero-order valence-corrected chi connectivity index (χ0v) is 20.0. The van der Waals surface area contributed by atoms with E-state index in [0.717, 1.165) is 11.3 Å². The lowest BCUT2D eigenvalue weighted by atomic mass is 9.95. The first-order chi connectivity index (χ1) is 16.9. The van der Waals surface area contributed by atoms with Crippen LogP contribution >= 0.6 is 23.1 Å². The molecular weight excluding hydrogens is 489 g/mol. The maximum atomic E-state index is 14.0. The van der Waals surface area contributed by atoms with Crippen molar-refractivity contribution in [1.29, 1.82) is 0 Å². The molecule has 1 N–H and O–H groups in total. The number of thioether (sulfide) groups is 1. The molecule has 1 unspecified atom stereocenters. The summed E-state index contributed by atoms with van der Waals surface area (Å²) >= 11 is 2.41. The Hall–Kier alpha value is -3.76. The number of nitrogens with zero attached hydrogens (tertiary/aromatic N) is 3. The zero-order chi connectivity index (χ0) is 24.5. The van der Waals surface area contributed by atoms with Crippen molar-refractivity contribution >= 4 is 39.9 Å². The van der Waals surface area contributed by atoms with E-state index in [-0.39, 0.29) is 22.3 Å². The predicted molar refractivity (Wildman–Crippen MR) is 130 cm³/mol. The number of ketones is 1. The molecule has 0 aliphatic carbocycles. The van der Waals surface area contributed by atoms with E-state index < -0.39 is 23.5 Å². The average Bonchev–Trinajstić information content (AvgIpc) is 3.57. The number of aromatic nitrogens is 2. The second-order valence-electron chi connectivity index (χ2n) is 7.72. The molecule has 4 aromatic rings. The SMILES string of the molecule is Cc1ccc(C(=O)C2=C(O)C(=O)N(c3nnc(SCc4ccccc4F)s3)C2c2ccccc2)o1. The van der Waals surface area contributed by atoms with Crippen LogP contribution in [0.25, 0.3) is 0 Å². The number of Topliss-reactive ketones (excluding diaryl/α,β-unsaturated/α-hetero) is 1. The molecular formula is C25H18FN3O4S2. The Labute approximate surface area is 207 Å². The lowest BCUT2D eigenvalue weighted by Gasteiger charge is -2.23. The number of hydrogen-bond donors (Lipinski definition) is 1. The van der Waals surface area contributed by atoms with Crippen LogP contribution < -0.4 is 4.90 Å². The molecule has 1 aliphatic rings. The van der Waals surface area contributed by atoms with Crippen LogP contribution in [0, 0.1) is 12.7 Å². The summed E-state index contributed by atoms with van der Waals surface area (Å²) in [5, 5.41) is 19.3. The van der Waals surface area contributed by atoms with Gasteiger partial charge < -0.3 is 9.52 Å². The number of benzene rings is 2. The van der Waals surface area contributed by atoms with Crippen molar-refractivity contribution in [2.75, 3.05) is 4.90 Å². The molecule has 2 aromatic carbocycles. The van der Waals surface area contributed by atoms with E-state index in [2.05, 4.69) is 10.2 Å². The Morgan fingerprint density at radius 2 is 1.86 bits per heavy atom. The van der Waals surface area contributed by atoms with E-state index in [0.29, 0.717) is 27.0 Å². The maximum absolute atomic E-state index is 14.0. The van der Waals surface area contributed by atoms with Crippen molar-refractivity contribution in [3.05, 3.63) is 107 Å². The van der Waals surface area contributed by atoms with Crippen LogP contribution in [0.1, 0.15) is 33.5 Å². The molecule has 3 heterocycles. The van der Waals surface area contributed by atoms with Crippen LogP contribution in [0.4, 0.5) is 9.52 Å². The molecule has 0 fully saturated rings. The summed E-state index contributed by atoms with van der Waals surface area (Å²) in [5.74, 6) is -1.42. The quantitative estimate of drug-likeness (QED) is 0.196. The van der Waals surface area contributed by atoms with Crippen LogP contribution in [0.3, 0.4) is 0 Å². The van der Waals surface area contributed by atoms with Crippen molar-refractivity contribution in [3.63, 3.8) is 0 Å². The minimum Gasteiger partial charge on any atom is -0.503 e. The highest BCUT2D eigenvalue weighted by atomic mass is 32.2. The Bertz CT molecular complexity index is 1450. The lowest BCUT2D eigenvalue weighted by Crippen LogP contribution is -2.31. The zero-order valence-electron chi connectivity index (χ0n) is 18.3. The molecule has 0 bridgehead atoms. The van der Waals surface area contributed by atoms with Crippen LogP contribution in [-0.2, 0) is 10.5 Å². The molecule has 0 spiro atoms. The number of hydrogen-bond acceptors (Lipinski definition) is 8. The van der Waals surface area contributed by atoms with Crippen LogP contribution in [-0.4, -0.2) is 27.0 Å². The van der Waals surface area contributed by atoms with E-state index in [4.69, 9.17) is 4.42 Å². The fraction of sp³-hybridized carbons (Fsp3) is 0.120. The Morgan fingerprint density at radius 1 is 1.11 bits per heavy atom. The van der Waals surface area contributed by atoms with Gasteiger partial charge in [-0.25, -0.2) is 4.39 Å². The molecule has 35 heavy (non-hydrogen) atoms. The van der Waals surface area contributed by atoms with Crippen molar-refractivity contribution in [2.45, 2.75) is 23.1 Å². The fourth-order valence-electron chi connectivity index (χ4n) is 3.79. The van der Waals surface area contributed by atoms with Crippen molar-refractivity contribution < 1.29 is 23.5 Å². The second-order valence-corrected chi connectivity index (χ2v) is 9.90. The van der Waals surface area contributed by atoms with Gasteiger partial charge in [0, 0.05) is 5.75 Å². The van der Waals surface area contributed by atoms with Gasteiger partial charge in [-0.3, -0.25) is 14.5 Å². The highest BCUT2D eigenvalue weighted by molar-refractivity contribution is 8.00. The van der Waals surface area contributed by atoms with Crippen LogP contribution in [0.15, 0.2) is 86.8 Å². The number of aliphatic hydroxyl groups is 1. The van der Waals surface area contributed by atoms with Crippen molar-refractivity contribution in [2.24, 2.45) is 0 Å². The molecule has 10 heteroatoms. The number of furan rings is 1. The maximum Gasteiger partial charge on any atom is 0.296 e. The normalized spacial score (nSPS) is 15.8. The number of amides is 1. The topological polar surface area (TPSA) is 96.5 Å². The van der Waals surface area contributed by atoms with Gasteiger partial charge in [0.05, 0.1) is 11.6 Å². The summed E-state index contributed by atoms with van der Waals surface area (Å²) in [6, 6.07) is 17.6. The van der Waals surface area contributed by atoms with E-state index in [1.807, 2.05) is 6.07 Å². The summed E-state index contributed by atoms with van der Waals surface area (Å²) < 4.78 is 20.0. The van der Waals surface area contributed by atoms with Gasteiger partial charge in [-0.05, 0) is 36.2 Å². The fourth-order valence-corrected chi connectivity index (χ4v) is 5.64. The third-order valence-corrected chi connectivity index (χ3v) is 7.55. The average molecular weight is 508 g/mol. The van der Waals surface area contributed by atoms with E-state index >= 15 is 0 Å². The largest absolute Gasteiger partial charge is 0.503 e. The van der Waals surface area contributed by atoms with E-state index in [1.54, 1.807) is 55.5 Å². The van der Waals surface area contributed by atoms with E-state index in [9.17, 15) is 19.1 Å². The molecule has 5 rings (SSSR count). The molecule has 1 atom stereocenters. The lowest BCUT2D eigenvalue weighted by molar-refractivity contribution is -0.117. The molecule has 1 aliphatic heterocycles. The number of carbonyl (C=O) groups excluding carboxylic acids is 2. The Balaban J connectivity index is 1.48. The van der Waals surface area contributed by atoms with Gasteiger partial charge in [0.15, 0.2) is 15.9 Å². The number of carbonyl (C=O) groups is 2. The molecule has 2 aromatic heterocycles. The number of aliphatic hydroxyl groups excluding tert-OH is 1. The molecule has 0 saturated heterocycles. The highest BCUT2D eigenvalue weighted by Crippen LogP contribution is 2.44. The number of anilines is 1. The minimum absolute atomic E-state index is 0.0260. The number of aryl methyl sites for hydroxylation is 1. The van der Waals surface area contributed by atoms with Crippen molar-refractivity contribution in [3.8, 4) is 0 Å². The first-order valence-corrected chi connectivity index (χ1v) is 12.4. The predicted octanol–water partition coefficient (Wildman–Crippen LogP) is 5.65. The second kappa shape index (κ2) is 9.47. The highest BCUT2D eigenvalue weighted by Gasteiger charge is 2.46. The minimum atomic E-state index is -0.918. The summed E-state index contributed by atoms with van der Waals surface area (Å²) in [5.41, 5.74) is 1.05. The van der Waals surface area contributed by atoms with Crippen LogP contribution in [0.2, 0.25) is 0 Å². The van der Waals surface area contributed by atoms with Gasteiger partial charge >= 0.3 is 0 Å². The number of halogens is 1. The third kappa shape index (κ3) is 4.38. The molecule has 0 radical (unpaired) electrons. The van der Waals surface area contributed by atoms with Gasteiger partial charge in [0.2, 0.25) is 10.9 Å². The van der Waals surface area contributed by atoms with Gasteiger partial charge in [0.1, 0.15) is 11.6 Å². The molecule has 0 saturated carbocycles. The van der Waals surface area contributed by atoms with Gasteiger partial charge in [-0.15, -0.1) is 10.2 Å². The smallest absolute Gasteiger partial charge is 0.296 e. The molecule has 7 nitrogen and oxygen atoms in total. The standard InChI is InChI=1S/C25H18FN3O4S2/c1-14-11-12-18(33-14)21(30)19-20(15-7-3-2-4-8-15)29(23(32)22(19)31)24-27-28-25(35-24)34-13-16-9-5-6-10-17(16)26/h2-12,20,31H,13H2,1H3. The van der Waals surface area contributed by atoms with E-state index in [1.165, 1.54) is 28.8 Å². The summed E-state index contributed by atoms with van der Waals surface area (Å²) in [6.45, 7) is 1.70.